The van der Waals surface area contributed by atoms with Crippen LogP contribution < -0.4 is 10.3 Å². The van der Waals surface area contributed by atoms with Gasteiger partial charge in [0.25, 0.3) is 5.56 Å². The van der Waals surface area contributed by atoms with Crippen LogP contribution in [-0.2, 0) is 19.5 Å². The smallest absolute Gasteiger partial charge is 0.268 e. The van der Waals surface area contributed by atoms with E-state index >= 15 is 0 Å². The molecule has 0 amide bonds. The van der Waals surface area contributed by atoms with Crippen molar-refractivity contribution < 1.29 is 4.74 Å². The number of nitrogens with zero attached hydrogens (tertiary/aromatic N) is 2. The molecule has 30 heavy (non-hydrogen) atoms. The van der Waals surface area contributed by atoms with Crippen molar-refractivity contribution >= 4 is 33.8 Å². The summed E-state index contributed by atoms with van der Waals surface area (Å²) in [6, 6.07) is 18.0. The molecule has 0 bridgehead atoms. The molecule has 3 heterocycles. The third kappa shape index (κ3) is 3.29. The number of nitrogens with one attached hydrogen (secondary N) is 1. The topological polar surface area (TPSA) is 50.3 Å². The fourth-order valence-electron chi connectivity index (χ4n) is 4.14. The normalized spacial score (nSPS) is 14.0. The molecule has 0 spiro atoms. The molecule has 0 saturated heterocycles. The van der Waals surface area contributed by atoms with E-state index in [-0.39, 0.29) is 5.56 Å². The van der Waals surface area contributed by atoms with Gasteiger partial charge in [-0.25, -0.2) is 4.57 Å². The van der Waals surface area contributed by atoms with E-state index in [1.165, 1.54) is 10.4 Å². The molecule has 1 N–H and O–H groups in total. The lowest BCUT2D eigenvalue weighted by atomic mass is 10.0. The van der Waals surface area contributed by atoms with E-state index in [1.807, 2.05) is 30.3 Å². The van der Waals surface area contributed by atoms with Crippen LogP contribution in [0.4, 0.5) is 0 Å². The zero-order valence-corrected chi connectivity index (χ0v) is 18.2. The van der Waals surface area contributed by atoms with E-state index in [0.717, 1.165) is 41.8 Å². The van der Waals surface area contributed by atoms with Gasteiger partial charge in [-0.15, -0.1) is 11.3 Å². The molecule has 0 saturated carbocycles. The summed E-state index contributed by atoms with van der Waals surface area (Å²) in [4.78, 5) is 21.4. The van der Waals surface area contributed by atoms with Gasteiger partial charge in [0, 0.05) is 24.5 Å². The number of hydrogen-bond acceptors (Lipinski definition) is 5. The predicted molar refractivity (Wildman–Crippen MR) is 123 cm³/mol. The first-order valence-electron chi connectivity index (χ1n) is 9.85. The lowest BCUT2D eigenvalue weighted by Crippen LogP contribution is -2.30. The van der Waals surface area contributed by atoms with Gasteiger partial charge in [0.1, 0.15) is 10.6 Å². The number of aromatic nitrogens is 2. The number of benzene rings is 2. The molecule has 0 fully saturated rings. The van der Waals surface area contributed by atoms with Gasteiger partial charge >= 0.3 is 0 Å². The summed E-state index contributed by atoms with van der Waals surface area (Å²) in [5.74, 6) is 0.622. The Morgan fingerprint density at radius 1 is 1.13 bits per heavy atom. The van der Waals surface area contributed by atoms with Gasteiger partial charge in [-0.1, -0.05) is 42.5 Å². The average Bonchev–Trinajstić information content (AvgIpc) is 3.12. The molecule has 152 valence electrons. The summed E-state index contributed by atoms with van der Waals surface area (Å²) in [6.45, 7) is 2.69. The maximum atomic E-state index is 13.5. The number of rotatable bonds is 4. The largest absolute Gasteiger partial charge is 0.495 e. The number of fused-ring (bicyclic) bond motifs is 3. The lowest BCUT2D eigenvalue weighted by molar-refractivity contribution is 0.249. The molecule has 4 aromatic rings. The first-order valence-corrected chi connectivity index (χ1v) is 11.1. The van der Waals surface area contributed by atoms with E-state index < -0.39 is 0 Å². The van der Waals surface area contributed by atoms with E-state index in [1.54, 1.807) is 23.0 Å². The number of methoxy groups -OCH3 is 1. The Labute approximate surface area is 183 Å². The summed E-state index contributed by atoms with van der Waals surface area (Å²) in [6.07, 6.45) is 0.855. The Hall–Kier alpha value is -2.74. The van der Waals surface area contributed by atoms with Crippen molar-refractivity contribution in [3.8, 4) is 11.4 Å². The van der Waals surface area contributed by atoms with E-state index in [4.69, 9.17) is 17.0 Å². The van der Waals surface area contributed by atoms with E-state index in [9.17, 15) is 4.79 Å². The zero-order valence-electron chi connectivity index (χ0n) is 16.6. The van der Waals surface area contributed by atoms with Gasteiger partial charge in [0.05, 0.1) is 18.2 Å². The van der Waals surface area contributed by atoms with Crippen molar-refractivity contribution in [3.05, 3.63) is 85.7 Å². The van der Waals surface area contributed by atoms with E-state index in [0.29, 0.717) is 16.2 Å². The van der Waals surface area contributed by atoms with Gasteiger partial charge in [-0.05, 0) is 41.9 Å². The summed E-state index contributed by atoms with van der Waals surface area (Å²) in [5, 5.41) is 0.758. The highest BCUT2D eigenvalue weighted by Crippen LogP contribution is 2.33. The van der Waals surface area contributed by atoms with Crippen molar-refractivity contribution in [1.82, 2.24) is 14.5 Å². The second-order valence-corrected chi connectivity index (χ2v) is 8.89. The molecule has 5 nitrogen and oxygen atoms in total. The van der Waals surface area contributed by atoms with Crippen LogP contribution in [0.1, 0.15) is 16.0 Å². The third-order valence-corrected chi connectivity index (χ3v) is 6.97. The van der Waals surface area contributed by atoms with Crippen LogP contribution in [0.25, 0.3) is 15.9 Å². The summed E-state index contributed by atoms with van der Waals surface area (Å²) < 4.78 is 7.40. The second kappa shape index (κ2) is 7.83. The molecule has 0 aliphatic carbocycles. The van der Waals surface area contributed by atoms with Crippen LogP contribution in [0.3, 0.4) is 0 Å². The Balaban J connectivity index is 1.58. The minimum absolute atomic E-state index is 0.0766. The molecule has 5 rings (SSSR count). The van der Waals surface area contributed by atoms with Crippen LogP contribution in [0.15, 0.2) is 59.4 Å². The summed E-state index contributed by atoms with van der Waals surface area (Å²) >= 11 is 7.20. The van der Waals surface area contributed by atoms with E-state index in [2.05, 4.69) is 34.1 Å². The number of hydrogen-bond donors (Lipinski definition) is 1. The predicted octanol–water partition coefficient (Wildman–Crippen LogP) is 4.68. The minimum atomic E-state index is -0.0766. The third-order valence-electron chi connectivity index (χ3n) is 5.55. The Morgan fingerprint density at radius 2 is 1.90 bits per heavy atom. The van der Waals surface area contributed by atoms with Gasteiger partial charge in [0.15, 0.2) is 4.77 Å². The fraction of sp³-hybridized carbons (Fsp3) is 0.217. The molecule has 1 aliphatic heterocycles. The maximum Gasteiger partial charge on any atom is 0.268 e. The Morgan fingerprint density at radius 3 is 2.70 bits per heavy atom. The monoisotopic (exact) mass is 435 g/mol. The standard InChI is InChI=1S/C23H21N3O2S2/c1-28-18-10-6-5-9-17(18)26-22(27)20-16-11-12-25(13-15-7-3-2-4-8-15)14-19(16)30-21(20)24-23(26)29/h2-10H,11-14H2,1H3,(H,24,29). The fourth-order valence-corrected chi connectivity index (χ4v) is 5.77. The molecular weight excluding hydrogens is 414 g/mol. The average molecular weight is 436 g/mol. The van der Waals surface area contributed by atoms with Gasteiger partial charge in [0.2, 0.25) is 0 Å². The van der Waals surface area contributed by atoms with Crippen molar-refractivity contribution in [1.29, 1.82) is 0 Å². The van der Waals surface area contributed by atoms with Crippen LogP contribution in [0, 0.1) is 4.77 Å². The maximum absolute atomic E-state index is 13.5. The molecule has 2 aromatic heterocycles. The highest BCUT2D eigenvalue weighted by molar-refractivity contribution is 7.71. The SMILES string of the molecule is COc1ccccc1-n1c(=S)[nH]c2sc3c(c2c1=O)CCN(Cc1ccccc1)C3. The lowest BCUT2D eigenvalue weighted by Gasteiger charge is -2.26. The van der Waals surface area contributed by atoms with Gasteiger partial charge in [-0.3, -0.25) is 9.69 Å². The molecule has 0 radical (unpaired) electrons. The number of aromatic amines is 1. The minimum Gasteiger partial charge on any atom is -0.495 e. The number of H-pyrrole nitrogens is 1. The van der Waals surface area contributed by atoms with Crippen molar-refractivity contribution in [2.75, 3.05) is 13.7 Å². The number of ether oxygens (including phenoxy) is 1. The first-order chi connectivity index (χ1) is 14.7. The quantitative estimate of drug-likeness (QED) is 0.473. The van der Waals surface area contributed by atoms with Crippen molar-refractivity contribution in [2.45, 2.75) is 19.5 Å². The number of para-hydroxylation sites is 2. The molecule has 7 heteroatoms. The highest BCUT2D eigenvalue weighted by Gasteiger charge is 2.24. The highest BCUT2D eigenvalue weighted by atomic mass is 32.1. The van der Waals surface area contributed by atoms with Crippen LogP contribution >= 0.6 is 23.6 Å². The van der Waals surface area contributed by atoms with Gasteiger partial charge in [-0.2, -0.15) is 0 Å². The molecule has 0 atom stereocenters. The molecule has 2 aromatic carbocycles. The van der Waals surface area contributed by atoms with Crippen molar-refractivity contribution in [2.24, 2.45) is 0 Å². The Kier molecular flexibility index (Phi) is 5.02. The second-order valence-electron chi connectivity index (χ2n) is 7.40. The Bertz CT molecular complexity index is 1340. The van der Waals surface area contributed by atoms with Crippen LogP contribution in [0.5, 0.6) is 5.75 Å². The van der Waals surface area contributed by atoms with Gasteiger partial charge < -0.3 is 9.72 Å². The molecule has 1 aliphatic rings. The molecular formula is C23H21N3O2S2. The zero-order chi connectivity index (χ0) is 20.7. The van der Waals surface area contributed by atoms with Crippen LogP contribution in [-0.4, -0.2) is 28.1 Å². The number of thiophene rings is 1. The first kappa shape index (κ1) is 19.2. The molecule has 0 unspecified atom stereocenters. The summed E-state index contributed by atoms with van der Waals surface area (Å²) in [7, 11) is 1.60. The van der Waals surface area contributed by atoms with Crippen molar-refractivity contribution in [3.63, 3.8) is 0 Å². The summed E-state index contributed by atoms with van der Waals surface area (Å²) in [5.41, 5.74) is 3.04. The van der Waals surface area contributed by atoms with Crippen LogP contribution in [0.2, 0.25) is 0 Å².